The Morgan fingerprint density at radius 2 is 1.83 bits per heavy atom. The molecule has 5 heteroatoms. The van der Waals surface area contributed by atoms with E-state index in [0.29, 0.717) is 11.8 Å². The Labute approximate surface area is 144 Å². The van der Waals surface area contributed by atoms with Gasteiger partial charge in [-0.25, -0.2) is 8.42 Å². The lowest BCUT2D eigenvalue weighted by atomic mass is 9.92. The highest BCUT2D eigenvalue weighted by atomic mass is 32.2. The lowest BCUT2D eigenvalue weighted by Gasteiger charge is -2.27. The van der Waals surface area contributed by atoms with Gasteiger partial charge < -0.3 is 5.32 Å². The van der Waals surface area contributed by atoms with E-state index < -0.39 is 21.1 Å². The van der Waals surface area contributed by atoms with Crippen LogP contribution in [0.25, 0.3) is 0 Å². The first-order valence-electron chi connectivity index (χ1n) is 8.50. The highest BCUT2D eigenvalue weighted by Crippen LogP contribution is 2.43. The highest BCUT2D eigenvalue weighted by Gasteiger charge is 2.41. The van der Waals surface area contributed by atoms with Gasteiger partial charge >= 0.3 is 0 Å². The van der Waals surface area contributed by atoms with Crippen molar-refractivity contribution in [1.29, 1.82) is 0 Å². The maximum Gasteiger partial charge on any atom is 0.224 e. The summed E-state index contributed by atoms with van der Waals surface area (Å²) in [6.45, 7) is 3.65. The number of hydrogen-bond donors (Lipinski definition) is 1. The van der Waals surface area contributed by atoms with Crippen LogP contribution in [0.3, 0.4) is 0 Å². The second kappa shape index (κ2) is 6.36. The number of sulfone groups is 1. The van der Waals surface area contributed by atoms with Crippen molar-refractivity contribution in [3.8, 4) is 0 Å². The minimum absolute atomic E-state index is 0.0204. The van der Waals surface area contributed by atoms with Gasteiger partial charge in [-0.15, -0.1) is 0 Å². The number of hydrogen-bond acceptors (Lipinski definition) is 3. The Kier molecular flexibility index (Phi) is 4.56. The number of rotatable bonds is 5. The van der Waals surface area contributed by atoms with Crippen LogP contribution in [-0.4, -0.2) is 25.8 Å². The third-order valence-electron chi connectivity index (χ3n) is 5.49. The van der Waals surface area contributed by atoms with Gasteiger partial charge in [-0.05, 0) is 44.1 Å². The Morgan fingerprint density at radius 1 is 1.17 bits per heavy atom. The van der Waals surface area contributed by atoms with Crippen LogP contribution in [0.4, 0.5) is 0 Å². The predicted octanol–water partition coefficient (Wildman–Crippen LogP) is 2.80. The zero-order valence-electron chi connectivity index (χ0n) is 14.4. The third-order valence-corrected chi connectivity index (χ3v) is 7.12. The monoisotopic (exact) mass is 347 g/mol. The molecule has 1 amide bonds. The molecule has 0 heterocycles. The van der Waals surface area contributed by atoms with E-state index in [4.69, 9.17) is 0 Å². The fourth-order valence-electron chi connectivity index (χ4n) is 3.84. The Hall–Kier alpha value is -1.62. The van der Waals surface area contributed by atoms with E-state index in [1.807, 2.05) is 31.2 Å². The largest absolute Gasteiger partial charge is 0.348 e. The van der Waals surface area contributed by atoms with E-state index in [1.54, 1.807) is 6.92 Å². The van der Waals surface area contributed by atoms with Gasteiger partial charge in [-0.3, -0.25) is 4.79 Å². The normalized spacial score (nSPS) is 27.9. The number of allylic oxidation sites excluding steroid dienone is 2. The second-order valence-electron chi connectivity index (χ2n) is 7.32. The van der Waals surface area contributed by atoms with Crippen LogP contribution in [0.2, 0.25) is 0 Å². The molecule has 2 aliphatic rings. The number of amides is 1. The molecule has 5 atom stereocenters. The zero-order chi connectivity index (χ0) is 17.5. The van der Waals surface area contributed by atoms with Crippen LogP contribution < -0.4 is 5.32 Å². The van der Waals surface area contributed by atoms with Crippen LogP contribution in [0.5, 0.6) is 0 Å². The van der Waals surface area contributed by atoms with E-state index in [9.17, 15) is 13.2 Å². The summed E-state index contributed by atoms with van der Waals surface area (Å²) in [6, 6.07) is 7.19. The minimum atomic E-state index is -3.27. The van der Waals surface area contributed by atoms with Gasteiger partial charge in [-0.2, -0.15) is 0 Å². The first kappa shape index (κ1) is 17.2. The van der Waals surface area contributed by atoms with Crippen molar-refractivity contribution in [2.45, 2.75) is 38.0 Å². The van der Waals surface area contributed by atoms with Crippen LogP contribution in [0, 0.1) is 24.7 Å². The summed E-state index contributed by atoms with van der Waals surface area (Å²) < 4.78 is 24.2. The summed E-state index contributed by atoms with van der Waals surface area (Å²) >= 11 is 0. The summed E-state index contributed by atoms with van der Waals surface area (Å²) in [5, 5.41) is 2.37. The predicted molar refractivity (Wildman–Crippen MR) is 95.2 cm³/mol. The minimum Gasteiger partial charge on any atom is -0.348 e. The van der Waals surface area contributed by atoms with Crippen LogP contribution >= 0.6 is 0 Å². The lowest BCUT2D eigenvalue weighted by Crippen LogP contribution is -2.42. The summed E-state index contributed by atoms with van der Waals surface area (Å²) in [7, 11) is -3.27. The van der Waals surface area contributed by atoms with E-state index >= 15 is 0 Å². The molecule has 24 heavy (non-hydrogen) atoms. The number of fused-ring (bicyclic) bond motifs is 2. The molecule has 1 aromatic rings. The molecular formula is C19H25NO3S. The van der Waals surface area contributed by atoms with Crippen molar-refractivity contribution in [3.05, 3.63) is 47.5 Å². The molecule has 1 fully saturated rings. The molecule has 2 aliphatic carbocycles. The topological polar surface area (TPSA) is 63.2 Å². The fraction of sp³-hybridized carbons (Fsp3) is 0.526. The quantitative estimate of drug-likeness (QED) is 0.833. The number of aryl methyl sites for hydroxylation is 1. The molecular weight excluding hydrogens is 322 g/mol. The fourth-order valence-corrected chi connectivity index (χ4v) is 4.55. The maximum atomic E-state index is 12.8. The lowest BCUT2D eigenvalue weighted by molar-refractivity contribution is -0.126. The molecule has 2 bridgehead atoms. The van der Waals surface area contributed by atoms with Gasteiger partial charge in [0.1, 0.15) is 0 Å². The molecule has 1 aromatic carbocycles. The molecule has 0 unspecified atom stereocenters. The maximum absolute atomic E-state index is 12.8. The Balaban J connectivity index is 1.83. The van der Waals surface area contributed by atoms with Crippen molar-refractivity contribution >= 4 is 15.7 Å². The van der Waals surface area contributed by atoms with Gasteiger partial charge in [-0.1, -0.05) is 42.0 Å². The van der Waals surface area contributed by atoms with Crippen molar-refractivity contribution < 1.29 is 13.2 Å². The number of benzene rings is 1. The first-order valence-corrected chi connectivity index (χ1v) is 10.5. The molecule has 1 N–H and O–H groups in total. The van der Waals surface area contributed by atoms with E-state index in [1.165, 1.54) is 6.26 Å². The van der Waals surface area contributed by atoms with Gasteiger partial charge in [0.25, 0.3) is 0 Å². The molecule has 0 aromatic heterocycles. The summed E-state index contributed by atoms with van der Waals surface area (Å²) in [5.74, 6) is 0.769. The van der Waals surface area contributed by atoms with E-state index in [2.05, 4.69) is 17.5 Å². The molecule has 0 saturated heterocycles. The smallest absolute Gasteiger partial charge is 0.224 e. The van der Waals surface area contributed by atoms with Crippen molar-refractivity contribution in [2.24, 2.45) is 17.8 Å². The van der Waals surface area contributed by atoms with E-state index in [0.717, 1.165) is 24.0 Å². The third kappa shape index (κ3) is 3.41. The Bertz CT molecular complexity index is 751. The highest BCUT2D eigenvalue weighted by molar-refractivity contribution is 7.91. The summed E-state index contributed by atoms with van der Waals surface area (Å²) in [6.07, 6.45) is 7.49. The van der Waals surface area contributed by atoms with Gasteiger partial charge in [0.05, 0.1) is 11.3 Å². The van der Waals surface area contributed by atoms with Crippen LogP contribution in [-0.2, 0) is 14.6 Å². The summed E-state index contributed by atoms with van der Waals surface area (Å²) in [5.41, 5.74) is 1.94. The van der Waals surface area contributed by atoms with Crippen molar-refractivity contribution in [1.82, 2.24) is 5.32 Å². The Morgan fingerprint density at radius 3 is 2.33 bits per heavy atom. The van der Waals surface area contributed by atoms with Crippen LogP contribution in [0.15, 0.2) is 36.4 Å². The average Bonchev–Trinajstić information content (AvgIpc) is 3.15. The van der Waals surface area contributed by atoms with Crippen molar-refractivity contribution in [2.75, 3.05) is 6.26 Å². The number of carbonyl (C=O) groups excluding carboxylic acids is 1. The molecule has 0 aliphatic heterocycles. The number of nitrogens with one attached hydrogen (secondary N) is 1. The SMILES string of the molecule is Cc1ccc([C@H](NC(=O)[C@H]2C[C@H]3C=C[C@H]2C3)[C@@H](C)S(C)(=O)=O)cc1. The van der Waals surface area contributed by atoms with Gasteiger partial charge in [0.2, 0.25) is 5.91 Å². The molecule has 0 spiro atoms. The average molecular weight is 347 g/mol. The van der Waals surface area contributed by atoms with Gasteiger partial charge in [0, 0.05) is 12.2 Å². The molecule has 4 nitrogen and oxygen atoms in total. The van der Waals surface area contributed by atoms with Crippen LogP contribution in [0.1, 0.15) is 36.9 Å². The number of carbonyl (C=O) groups is 1. The molecule has 1 saturated carbocycles. The first-order chi connectivity index (χ1) is 11.3. The van der Waals surface area contributed by atoms with Gasteiger partial charge in [0.15, 0.2) is 9.84 Å². The van der Waals surface area contributed by atoms with E-state index in [-0.39, 0.29) is 11.8 Å². The molecule has 0 radical (unpaired) electrons. The standard InChI is InChI=1S/C19H25NO3S/c1-12-4-7-15(8-5-12)18(13(2)24(3,22)23)20-19(21)17-11-14-6-9-16(17)10-14/h4-9,13-14,16-18H,10-11H2,1-3H3,(H,20,21)/t13-,14+,16+,17+,18-/m1/s1. The molecule has 3 rings (SSSR count). The summed E-state index contributed by atoms with van der Waals surface area (Å²) in [4.78, 5) is 12.8. The second-order valence-corrected chi connectivity index (χ2v) is 9.72. The molecule has 130 valence electrons. The zero-order valence-corrected chi connectivity index (χ0v) is 15.2. The van der Waals surface area contributed by atoms with Crippen molar-refractivity contribution in [3.63, 3.8) is 0 Å².